The summed E-state index contributed by atoms with van der Waals surface area (Å²) in [6.45, 7) is 3.99. The Morgan fingerprint density at radius 1 is 1.30 bits per heavy atom. The van der Waals surface area contributed by atoms with Crippen molar-refractivity contribution in [3.8, 4) is 6.07 Å². The van der Waals surface area contributed by atoms with Crippen LogP contribution in [0.1, 0.15) is 42.1 Å². The van der Waals surface area contributed by atoms with E-state index in [4.69, 9.17) is 14.5 Å². The number of nitrogens with zero attached hydrogens (tertiary/aromatic N) is 6. The number of hydrogen-bond donors (Lipinski definition) is 0. The Bertz CT molecular complexity index is 706. The van der Waals surface area contributed by atoms with Crippen LogP contribution in [0.5, 0.6) is 0 Å². The summed E-state index contributed by atoms with van der Waals surface area (Å²) in [5, 5.41) is 17.1. The standard InChI is InChI=1S/C15H18N6O2/c16-5-11-6-17-21(7-11)13-8-20(9-13)10-14-18-15(23-19-14)12-1-3-22-4-2-12/h6-7,12-13H,1-4,8-10H2. The lowest BCUT2D eigenvalue weighted by molar-refractivity contribution is 0.0778. The highest BCUT2D eigenvalue weighted by atomic mass is 16.5. The van der Waals surface area contributed by atoms with Gasteiger partial charge in [0.25, 0.3) is 0 Å². The fourth-order valence-corrected chi connectivity index (χ4v) is 3.08. The van der Waals surface area contributed by atoms with Crippen LogP contribution in [-0.4, -0.2) is 51.1 Å². The quantitative estimate of drug-likeness (QED) is 0.833. The minimum Gasteiger partial charge on any atom is -0.381 e. The smallest absolute Gasteiger partial charge is 0.229 e. The van der Waals surface area contributed by atoms with Gasteiger partial charge in [-0.05, 0) is 12.8 Å². The maximum absolute atomic E-state index is 8.83. The van der Waals surface area contributed by atoms with Gasteiger partial charge in [0.1, 0.15) is 6.07 Å². The molecule has 8 nitrogen and oxygen atoms in total. The van der Waals surface area contributed by atoms with Gasteiger partial charge in [-0.15, -0.1) is 0 Å². The second-order valence-corrected chi connectivity index (χ2v) is 6.10. The molecule has 0 N–H and O–H groups in total. The normalized spacial score (nSPS) is 20.3. The Morgan fingerprint density at radius 3 is 2.87 bits per heavy atom. The monoisotopic (exact) mass is 314 g/mol. The molecule has 4 rings (SSSR count). The van der Waals surface area contributed by atoms with E-state index < -0.39 is 0 Å². The lowest BCUT2D eigenvalue weighted by Crippen LogP contribution is -2.47. The number of aromatic nitrogens is 4. The van der Waals surface area contributed by atoms with Crippen molar-refractivity contribution < 1.29 is 9.26 Å². The van der Waals surface area contributed by atoms with E-state index in [1.165, 1.54) is 0 Å². The van der Waals surface area contributed by atoms with E-state index in [1.807, 2.05) is 4.68 Å². The zero-order valence-corrected chi connectivity index (χ0v) is 12.8. The SMILES string of the molecule is N#Cc1cnn(C2CN(Cc3noc(C4CCOCC4)n3)C2)c1. The summed E-state index contributed by atoms with van der Waals surface area (Å²) >= 11 is 0. The van der Waals surface area contributed by atoms with Crippen LogP contribution in [0.2, 0.25) is 0 Å². The molecular formula is C15H18N6O2. The third kappa shape index (κ3) is 2.98. The van der Waals surface area contributed by atoms with Gasteiger partial charge in [0.15, 0.2) is 5.82 Å². The highest BCUT2D eigenvalue weighted by Crippen LogP contribution is 2.26. The molecule has 2 saturated heterocycles. The van der Waals surface area contributed by atoms with Crippen molar-refractivity contribution in [3.63, 3.8) is 0 Å². The molecule has 0 aromatic carbocycles. The van der Waals surface area contributed by atoms with Crippen LogP contribution in [0.15, 0.2) is 16.9 Å². The van der Waals surface area contributed by atoms with Crippen LogP contribution < -0.4 is 0 Å². The molecule has 2 aliphatic rings. The fraction of sp³-hybridized carbons (Fsp3) is 0.600. The van der Waals surface area contributed by atoms with Crippen LogP contribution in [0, 0.1) is 11.3 Å². The Labute approximate surface area is 133 Å². The van der Waals surface area contributed by atoms with Crippen LogP contribution in [0.4, 0.5) is 0 Å². The first kappa shape index (κ1) is 14.4. The molecule has 4 heterocycles. The summed E-state index contributed by atoms with van der Waals surface area (Å²) in [7, 11) is 0. The Hall–Kier alpha value is -2.24. The van der Waals surface area contributed by atoms with Crippen molar-refractivity contribution in [3.05, 3.63) is 29.7 Å². The van der Waals surface area contributed by atoms with Gasteiger partial charge in [0, 0.05) is 38.4 Å². The Balaban J connectivity index is 1.30. The number of hydrogen-bond acceptors (Lipinski definition) is 7. The lowest BCUT2D eigenvalue weighted by Gasteiger charge is -2.38. The third-order valence-corrected chi connectivity index (χ3v) is 4.46. The molecule has 23 heavy (non-hydrogen) atoms. The van der Waals surface area contributed by atoms with Gasteiger partial charge in [0.2, 0.25) is 5.89 Å². The zero-order chi connectivity index (χ0) is 15.6. The first-order chi connectivity index (χ1) is 11.3. The summed E-state index contributed by atoms with van der Waals surface area (Å²) < 4.78 is 12.6. The lowest BCUT2D eigenvalue weighted by atomic mass is 10.0. The van der Waals surface area contributed by atoms with E-state index in [9.17, 15) is 0 Å². The molecule has 0 radical (unpaired) electrons. The average molecular weight is 314 g/mol. The van der Waals surface area contributed by atoms with Crippen molar-refractivity contribution in [2.45, 2.75) is 31.3 Å². The molecule has 0 unspecified atom stereocenters. The number of rotatable bonds is 4. The van der Waals surface area contributed by atoms with E-state index in [0.29, 0.717) is 24.1 Å². The first-order valence-electron chi connectivity index (χ1n) is 7.88. The highest BCUT2D eigenvalue weighted by molar-refractivity contribution is 5.22. The van der Waals surface area contributed by atoms with Crippen LogP contribution in [-0.2, 0) is 11.3 Å². The molecule has 0 spiro atoms. The number of likely N-dealkylation sites (tertiary alicyclic amines) is 1. The highest BCUT2D eigenvalue weighted by Gasteiger charge is 2.30. The molecule has 0 atom stereocenters. The summed E-state index contributed by atoms with van der Waals surface area (Å²) in [6.07, 6.45) is 5.30. The molecule has 2 aromatic rings. The van der Waals surface area contributed by atoms with E-state index in [1.54, 1.807) is 12.4 Å². The van der Waals surface area contributed by atoms with Gasteiger partial charge in [-0.3, -0.25) is 9.58 Å². The predicted octanol–water partition coefficient (Wildman–Crippen LogP) is 1.09. The van der Waals surface area contributed by atoms with Crippen molar-refractivity contribution in [2.75, 3.05) is 26.3 Å². The van der Waals surface area contributed by atoms with Gasteiger partial charge < -0.3 is 9.26 Å². The first-order valence-corrected chi connectivity index (χ1v) is 7.88. The Morgan fingerprint density at radius 2 is 2.13 bits per heavy atom. The predicted molar refractivity (Wildman–Crippen MR) is 78.3 cm³/mol. The van der Waals surface area contributed by atoms with Crippen LogP contribution >= 0.6 is 0 Å². The molecule has 0 amide bonds. The van der Waals surface area contributed by atoms with E-state index >= 15 is 0 Å². The number of ether oxygens (including phenoxy) is 1. The largest absolute Gasteiger partial charge is 0.381 e. The minimum atomic E-state index is 0.318. The molecule has 2 aromatic heterocycles. The summed E-state index contributed by atoms with van der Waals surface area (Å²) in [5.74, 6) is 1.82. The molecular weight excluding hydrogens is 296 g/mol. The van der Waals surface area contributed by atoms with Gasteiger partial charge >= 0.3 is 0 Å². The van der Waals surface area contributed by atoms with Crippen molar-refractivity contribution in [2.24, 2.45) is 0 Å². The average Bonchev–Trinajstić information content (AvgIpc) is 3.20. The van der Waals surface area contributed by atoms with Crippen molar-refractivity contribution in [1.82, 2.24) is 24.8 Å². The summed E-state index contributed by atoms with van der Waals surface area (Å²) in [4.78, 5) is 6.78. The minimum absolute atomic E-state index is 0.318. The van der Waals surface area contributed by atoms with Gasteiger partial charge in [-0.25, -0.2) is 0 Å². The maximum Gasteiger partial charge on any atom is 0.229 e. The van der Waals surface area contributed by atoms with Crippen LogP contribution in [0.3, 0.4) is 0 Å². The molecule has 120 valence electrons. The maximum atomic E-state index is 8.83. The Kier molecular flexibility index (Phi) is 3.81. The second-order valence-electron chi connectivity index (χ2n) is 6.10. The molecule has 2 aliphatic heterocycles. The molecule has 0 bridgehead atoms. The fourth-order valence-electron chi connectivity index (χ4n) is 3.08. The summed E-state index contributed by atoms with van der Waals surface area (Å²) in [5.41, 5.74) is 0.600. The van der Waals surface area contributed by atoms with Gasteiger partial charge in [0.05, 0.1) is 24.3 Å². The van der Waals surface area contributed by atoms with Crippen molar-refractivity contribution >= 4 is 0 Å². The topological polar surface area (TPSA) is 93.0 Å². The van der Waals surface area contributed by atoms with E-state index in [-0.39, 0.29) is 0 Å². The number of nitriles is 1. The molecule has 8 heteroatoms. The zero-order valence-electron chi connectivity index (χ0n) is 12.8. The summed E-state index contributed by atoms with van der Waals surface area (Å²) in [6, 6.07) is 2.42. The van der Waals surface area contributed by atoms with Crippen LogP contribution in [0.25, 0.3) is 0 Å². The van der Waals surface area contributed by atoms with E-state index in [2.05, 4.69) is 26.2 Å². The molecule has 0 aliphatic carbocycles. The van der Waals surface area contributed by atoms with E-state index in [0.717, 1.165) is 50.9 Å². The third-order valence-electron chi connectivity index (χ3n) is 4.46. The molecule has 0 saturated carbocycles. The van der Waals surface area contributed by atoms with Gasteiger partial charge in [-0.2, -0.15) is 15.3 Å². The second kappa shape index (κ2) is 6.10. The van der Waals surface area contributed by atoms with Crippen molar-refractivity contribution in [1.29, 1.82) is 5.26 Å². The van der Waals surface area contributed by atoms with Gasteiger partial charge in [-0.1, -0.05) is 5.16 Å². The molecule has 2 fully saturated rings.